The second-order valence-corrected chi connectivity index (χ2v) is 10.6. The van der Waals surface area contributed by atoms with Crippen molar-refractivity contribution in [3.05, 3.63) is 17.1 Å². The Hall–Kier alpha value is -1.98. The molecule has 6 heteroatoms. The molecule has 1 atom stereocenters. The van der Waals surface area contributed by atoms with E-state index in [0.29, 0.717) is 18.2 Å². The summed E-state index contributed by atoms with van der Waals surface area (Å²) in [5.41, 5.74) is 2.17. The van der Waals surface area contributed by atoms with Gasteiger partial charge in [-0.15, -0.1) is 0 Å². The zero-order chi connectivity index (χ0) is 22.1. The van der Waals surface area contributed by atoms with E-state index in [4.69, 9.17) is 9.97 Å². The summed E-state index contributed by atoms with van der Waals surface area (Å²) in [6.45, 7) is 4.47. The smallest absolute Gasteiger partial charge is 0.228 e. The highest BCUT2D eigenvalue weighted by Gasteiger charge is 2.34. The summed E-state index contributed by atoms with van der Waals surface area (Å²) in [4.78, 5) is 40.0. The third kappa shape index (κ3) is 4.42. The van der Waals surface area contributed by atoms with E-state index in [1.165, 1.54) is 44.9 Å². The lowest BCUT2D eigenvalue weighted by Crippen LogP contribution is -2.43. The summed E-state index contributed by atoms with van der Waals surface area (Å²) in [5, 5.41) is 0. The van der Waals surface area contributed by atoms with Crippen LogP contribution in [-0.2, 0) is 16.0 Å². The Morgan fingerprint density at radius 3 is 2.47 bits per heavy atom. The Morgan fingerprint density at radius 1 is 0.938 bits per heavy atom. The lowest BCUT2D eigenvalue weighted by Gasteiger charge is -2.36. The first-order chi connectivity index (χ1) is 15.6. The van der Waals surface area contributed by atoms with Crippen molar-refractivity contribution in [1.29, 1.82) is 0 Å². The highest BCUT2D eigenvalue weighted by molar-refractivity contribution is 5.95. The molecule has 0 aromatic carbocycles. The van der Waals surface area contributed by atoms with Gasteiger partial charge in [0.15, 0.2) is 0 Å². The molecule has 5 rings (SSSR count). The number of piperidine rings is 1. The van der Waals surface area contributed by atoms with Gasteiger partial charge in [-0.2, -0.15) is 0 Å². The molecule has 0 spiro atoms. The molecule has 1 unspecified atom stereocenters. The number of likely N-dealkylation sites (tertiary alicyclic amines) is 1. The minimum absolute atomic E-state index is 0.173. The lowest BCUT2D eigenvalue weighted by molar-refractivity contribution is -0.136. The van der Waals surface area contributed by atoms with Crippen LogP contribution in [0.15, 0.2) is 0 Å². The molecule has 2 aliphatic carbocycles. The topological polar surface area (TPSA) is 66.4 Å². The normalized spacial score (nSPS) is 25.3. The second kappa shape index (κ2) is 9.48. The van der Waals surface area contributed by atoms with Crippen LogP contribution in [0.5, 0.6) is 0 Å². The Morgan fingerprint density at radius 2 is 1.69 bits per heavy atom. The van der Waals surface area contributed by atoms with Gasteiger partial charge in [0.05, 0.1) is 0 Å². The van der Waals surface area contributed by atoms with Crippen LogP contribution >= 0.6 is 0 Å². The number of carbonyl (C=O) groups excluding carboxylic acids is 2. The molecule has 6 nitrogen and oxygen atoms in total. The maximum absolute atomic E-state index is 13.0. The fourth-order valence-corrected chi connectivity index (χ4v) is 6.42. The molecule has 3 fully saturated rings. The molecule has 2 aliphatic heterocycles. The first-order valence-corrected chi connectivity index (χ1v) is 13.1. The molecular formula is C26H38N4O2. The van der Waals surface area contributed by atoms with Gasteiger partial charge in [0.1, 0.15) is 11.6 Å². The van der Waals surface area contributed by atoms with Crippen LogP contribution < -0.4 is 4.90 Å². The number of aromatic nitrogens is 2. The summed E-state index contributed by atoms with van der Waals surface area (Å²) >= 11 is 0. The molecule has 4 aliphatic rings. The standard InChI is InChI=1S/C26H38N4O2/c1-18-22-13-14-23(31)30(16-19-8-3-2-4-9-19)25(22)28-24(27-18)21-12-7-15-29(17-21)26(32)20-10-5-6-11-20/h19-21H,2-17H2,1H3. The summed E-state index contributed by atoms with van der Waals surface area (Å²) < 4.78 is 0. The molecule has 1 aromatic heterocycles. The van der Waals surface area contributed by atoms with Crippen LogP contribution in [0.1, 0.15) is 100 Å². The molecule has 1 aromatic rings. The maximum Gasteiger partial charge on any atom is 0.228 e. The van der Waals surface area contributed by atoms with Gasteiger partial charge in [0.25, 0.3) is 0 Å². The van der Waals surface area contributed by atoms with Crippen LogP contribution in [0.3, 0.4) is 0 Å². The second-order valence-electron chi connectivity index (χ2n) is 10.6. The van der Waals surface area contributed by atoms with E-state index < -0.39 is 0 Å². The van der Waals surface area contributed by atoms with Crippen LogP contribution in [-0.4, -0.2) is 46.3 Å². The van der Waals surface area contributed by atoms with Gasteiger partial charge in [0, 0.05) is 49.1 Å². The van der Waals surface area contributed by atoms with E-state index in [0.717, 1.165) is 74.6 Å². The van der Waals surface area contributed by atoms with Gasteiger partial charge in [-0.1, -0.05) is 32.1 Å². The molecular weight excluding hydrogens is 400 g/mol. The highest BCUT2D eigenvalue weighted by atomic mass is 16.2. The molecule has 3 heterocycles. The Labute approximate surface area is 192 Å². The van der Waals surface area contributed by atoms with E-state index in [9.17, 15) is 9.59 Å². The third-order valence-corrected chi connectivity index (χ3v) is 8.32. The predicted molar refractivity (Wildman–Crippen MR) is 125 cm³/mol. The summed E-state index contributed by atoms with van der Waals surface area (Å²) in [6, 6.07) is 0. The molecule has 2 saturated carbocycles. The van der Waals surface area contributed by atoms with Crippen LogP contribution in [0, 0.1) is 18.8 Å². The molecule has 0 radical (unpaired) electrons. The number of aryl methyl sites for hydroxylation is 1. The minimum Gasteiger partial charge on any atom is -0.342 e. The van der Waals surface area contributed by atoms with Crippen molar-refractivity contribution in [2.45, 2.75) is 96.3 Å². The van der Waals surface area contributed by atoms with Gasteiger partial charge in [-0.3, -0.25) is 14.5 Å². The van der Waals surface area contributed by atoms with Gasteiger partial charge in [-0.25, -0.2) is 9.97 Å². The lowest BCUT2D eigenvalue weighted by atomic mass is 9.88. The van der Waals surface area contributed by atoms with Gasteiger partial charge < -0.3 is 4.90 Å². The number of amides is 2. The average molecular weight is 439 g/mol. The number of fused-ring (bicyclic) bond motifs is 1. The predicted octanol–water partition coefficient (Wildman–Crippen LogP) is 4.54. The molecule has 1 saturated heterocycles. The van der Waals surface area contributed by atoms with E-state index >= 15 is 0 Å². The van der Waals surface area contributed by atoms with E-state index in [1.54, 1.807) is 0 Å². The average Bonchev–Trinajstić information content (AvgIpc) is 3.36. The monoisotopic (exact) mass is 438 g/mol. The highest BCUT2D eigenvalue weighted by Crippen LogP contribution is 2.35. The summed E-state index contributed by atoms with van der Waals surface area (Å²) in [5.74, 6) is 3.26. The van der Waals surface area contributed by atoms with Crippen molar-refractivity contribution in [2.24, 2.45) is 11.8 Å². The molecule has 0 bridgehead atoms. The Balaban J connectivity index is 1.37. The Kier molecular flexibility index (Phi) is 6.47. The molecule has 32 heavy (non-hydrogen) atoms. The van der Waals surface area contributed by atoms with Crippen molar-refractivity contribution < 1.29 is 9.59 Å². The number of nitrogens with zero attached hydrogens (tertiary/aromatic N) is 4. The zero-order valence-corrected chi connectivity index (χ0v) is 19.7. The van der Waals surface area contributed by atoms with Gasteiger partial charge >= 0.3 is 0 Å². The van der Waals surface area contributed by atoms with Crippen molar-refractivity contribution in [3.63, 3.8) is 0 Å². The number of carbonyl (C=O) groups is 2. The fourth-order valence-electron chi connectivity index (χ4n) is 6.42. The molecule has 0 N–H and O–H groups in total. The number of hydrogen-bond acceptors (Lipinski definition) is 4. The number of anilines is 1. The molecule has 174 valence electrons. The number of hydrogen-bond donors (Lipinski definition) is 0. The first-order valence-electron chi connectivity index (χ1n) is 13.1. The minimum atomic E-state index is 0.173. The summed E-state index contributed by atoms with van der Waals surface area (Å²) in [6.07, 6.45) is 14.1. The van der Waals surface area contributed by atoms with Crippen molar-refractivity contribution >= 4 is 17.6 Å². The van der Waals surface area contributed by atoms with Gasteiger partial charge in [-0.05, 0) is 57.8 Å². The maximum atomic E-state index is 13.0. The summed E-state index contributed by atoms with van der Waals surface area (Å²) in [7, 11) is 0. The van der Waals surface area contributed by atoms with Crippen LogP contribution in [0.4, 0.5) is 5.82 Å². The van der Waals surface area contributed by atoms with Crippen molar-refractivity contribution in [2.75, 3.05) is 24.5 Å². The van der Waals surface area contributed by atoms with E-state index in [1.807, 2.05) is 4.90 Å². The van der Waals surface area contributed by atoms with Crippen LogP contribution in [0.2, 0.25) is 0 Å². The van der Waals surface area contributed by atoms with E-state index in [2.05, 4.69) is 11.8 Å². The largest absolute Gasteiger partial charge is 0.342 e. The Bertz CT molecular complexity index is 858. The van der Waals surface area contributed by atoms with Crippen molar-refractivity contribution in [1.82, 2.24) is 14.9 Å². The van der Waals surface area contributed by atoms with Crippen molar-refractivity contribution in [3.8, 4) is 0 Å². The quantitative estimate of drug-likeness (QED) is 0.692. The van der Waals surface area contributed by atoms with Crippen LogP contribution in [0.25, 0.3) is 0 Å². The first kappa shape index (κ1) is 21.8. The third-order valence-electron chi connectivity index (χ3n) is 8.32. The molecule has 2 amide bonds. The fraction of sp³-hybridized carbons (Fsp3) is 0.769. The SMILES string of the molecule is Cc1nc(C2CCCN(C(=O)C3CCCC3)C2)nc2c1CCC(=O)N2CC1CCCCC1. The number of rotatable bonds is 4. The zero-order valence-electron chi connectivity index (χ0n) is 19.7. The van der Waals surface area contributed by atoms with E-state index in [-0.39, 0.29) is 17.7 Å². The van der Waals surface area contributed by atoms with Gasteiger partial charge in [0.2, 0.25) is 11.8 Å².